The smallest absolute Gasteiger partial charge is 0.187 e. The normalized spacial score (nSPS) is 14.0. The zero-order valence-corrected chi connectivity index (χ0v) is 14.5. The summed E-state index contributed by atoms with van der Waals surface area (Å²) in [7, 11) is -3.72. The average Bonchev–Trinajstić information content (AvgIpc) is 2.64. The fraction of sp³-hybridized carbons (Fsp3) is 0.143. The van der Waals surface area contributed by atoms with E-state index in [9.17, 15) is 13.5 Å². The lowest BCUT2D eigenvalue weighted by Crippen LogP contribution is -2.28. The Balaban J connectivity index is 2.02. The number of aliphatic hydroxyl groups is 1. The van der Waals surface area contributed by atoms with Crippen LogP contribution in [0.25, 0.3) is 0 Å². The summed E-state index contributed by atoms with van der Waals surface area (Å²) in [6, 6.07) is 26.6. The molecule has 0 saturated carbocycles. The van der Waals surface area contributed by atoms with Gasteiger partial charge in [0.1, 0.15) is 5.25 Å². The summed E-state index contributed by atoms with van der Waals surface area (Å²) >= 11 is 0. The Hall–Kier alpha value is -2.43. The third-order valence-electron chi connectivity index (χ3n) is 4.17. The van der Waals surface area contributed by atoms with E-state index >= 15 is 0 Å². The Morgan fingerprint density at radius 1 is 0.720 bits per heavy atom. The minimum Gasteiger partial charge on any atom is -0.391 e. The number of benzene rings is 3. The van der Waals surface area contributed by atoms with Crippen LogP contribution in [0.2, 0.25) is 0 Å². The Bertz CT molecular complexity index is 892. The molecule has 0 spiro atoms. The van der Waals surface area contributed by atoms with Crippen LogP contribution in [0.4, 0.5) is 0 Å². The average molecular weight is 352 g/mol. The first-order valence-corrected chi connectivity index (χ1v) is 9.69. The summed E-state index contributed by atoms with van der Waals surface area (Å²) < 4.78 is 26.4. The maximum atomic E-state index is 13.2. The van der Waals surface area contributed by atoms with Gasteiger partial charge in [0, 0.05) is 0 Å². The minimum absolute atomic E-state index is 0.218. The second kappa shape index (κ2) is 7.64. The molecule has 0 unspecified atom stereocenters. The van der Waals surface area contributed by atoms with Crippen molar-refractivity contribution < 1.29 is 13.5 Å². The quantitative estimate of drug-likeness (QED) is 0.734. The molecule has 1 N–H and O–H groups in total. The van der Waals surface area contributed by atoms with Crippen LogP contribution >= 0.6 is 0 Å². The number of sulfone groups is 1. The van der Waals surface area contributed by atoms with Crippen molar-refractivity contribution in [2.45, 2.75) is 22.7 Å². The molecule has 0 aromatic heterocycles. The van der Waals surface area contributed by atoms with E-state index in [1.807, 2.05) is 36.4 Å². The molecule has 0 amide bonds. The number of hydrogen-bond donors (Lipinski definition) is 1. The molecule has 0 aliphatic heterocycles. The lowest BCUT2D eigenvalue weighted by Gasteiger charge is -2.24. The van der Waals surface area contributed by atoms with E-state index in [1.165, 1.54) is 0 Å². The van der Waals surface area contributed by atoms with Gasteiger partial charge in [-0.25, -0.2) is 8.42 Å². The Labute approximate surface area is 148 Å². The van der Waals surface area contributed by atoms with Gasteiger partial charge in [-0.15, -0.1) is 0 Å². The maximum absolute atomic E-state index is 13.2. The highest BCUT2D eigenvalue weighted by Crippen LogP contribution is 2.33. The van der Waals surface area contributed by atoms with Gasteiger partial charge in [0.2, 0.25) is 0 Å². The van der Waals surface area contributed by atoms with Crippen LogP contribution in [0, 0.1) is 0 Å². The van der Waals surface area contributed by atoms with Crippen molar-refractivity contribution in [1.82, 2.24) is 0 Å². The molecule has 2 atom stereocenters. The van der Waals surface area contributed by atoms with E-state index in [0.717, 1.165) is 5.56 Å². The summed E-state index contributed by atoms with van der Waals surface area (Å²) in [6.45, 7) is 0. The molecule has 3 nitrogen and oxygen atoms in total. The molecule has 0 aliphatic carbocycles. The van der Waals surface area contributed by atoms with Gasteiger partial charge < -0.3 is 5.11 Å². The molecule has 0 saturated heterocycles. The molecule has 0 fully saturated rings. The van der Waals surface area contributed by atoms with E-state index in [1.54, 1.807) is 54.6 Å². The molecule has 3 rings (SSSR count). The van der Waals surface area contributed by atoms with Gasteiger partial charge in [-0.05, 0) is 29.7 Å². The van der Waals surface area contributed by atoms with Crippen molar-refractivity contribution in [3.63, 3.8) is 0 Å². The monoisotopic (exact) mass is 352 g/mol. The van der Waals surface area contributed by atoms with Crippen molar-refractivity contribution in [3.05, 3.63) is 102 Å². The lowest BCUT2D eigenvalue weighted by molar-refractivity contribution is 0.168. The molecule has 25 heavy (non-hydrogen) atoms. The number of rotatable bonds is 6. The van der Waals surface area contributed by atoms with Gasteiger partial charge in [0.15, 0.2) is 9.84 Å². The largest absolute Gasteiger partial charge is 0.391 e. The summed E-state index contributed by atoms with van der Waals surface area (Å²) in [5, 5.41) is 9.82. The first kappa shape index (κ1) is 17.4. The van der Waals surface area contributed by atoms with Crippen molar-refractivity contribution in [2.24, 2.45) is 0 Å². The van der Waals surface area contributed by atoms with E-state index in [0.29, 0.717) is 5.56 Å². The van der Waals surface area contributed by atoms with Gasteiger partial charge in [0.05, 0.1) is 11.0 Å². The Kier molecular flexibility index (Phi) is 5.31. The minimum atomic E-state index is -3.72. The van der Waals surface area contributed by atoms with Gasteiger partial charge in [0.25, 0.3) is 0 Å². The molecule has 3 aromatic carbocycles. The molecule has 0 radical (unpaired) electrons. The van der Waals surface area contributed by atoms with Crippen LogP contribution in [0.5, 0.6) is 0 Å². The van der Waals surface area contributed by atoms with E-state index in [-0.39, 0.29) is 11.3 Å². The first-order valence-electron chi connectivity index (χ1n) is 8.15. The lowest BCUT2D eigenvalue weighted by atomic mass is 10.0. The maximum Gasteiger partial charge on any atom is 0.187 e. The van der Waals surface area contributed by atoms with Crippen LogP contribution in [-0.2, 0) is 16.3 Å². The summed E-state index contributed by atoms with van der Waals surface area (Å²) in [4.78, 5) is 0.218. The number of aliphatic hydroxyl groups excluding tert-OH is 1. The van der Waals surface area contributed by atoms with Crippen LogP contribution in [0.1, 0.15) is 16.4 Å². The van der Waals surface area contributed by atoms with Crippen LogP contribution in [-0.4, -0.2) is 19.6 Å². The van der Waals surface area contributed by atoms with Crippen molar-refractivity contribution in [1.29, 1.82) is 0 Å². The van der Waals surface area contributed by atoms with E-state index in [4.69, 9.17) is 0 Å². The van der Waals surface area contributed by atoms with Gasteiger partial charge in [-0.1, -0.05) is 78.9 Å². The standard InChI is InChI=1S/C21H20O3S/c22-20(16-17-10-4-1-5-11-17)21(18-12-6-2-7-13-18)25(23,24)19-14-8-3-9-15-19/h1-15,20-22H,16H2/t20-,21+/m0/s1. The fourth-order valence-corrected chi connectivity index (χ4v) is 4.83. The molecule has 0 aliphatic rings. The van der Waals surface area contributed by atoms with Gasteiger partial charge >= 0.3 is 0 Å². The SMILES string of the molecule is O=S(=O)(c1ccccc1)[C@H](c1ccccc1)[C@@H](O)Cc1ccccc1. The van der Waals surface area contributed by atoms with Crippen molar-refractivity contribution in [3.8, 4) is 0 Å². The van der Waals surface area contributed by atoms with Crippen LogP contribution < -0.4 is 0 Å². The Morgan fingerprint density at radius 3 is 1.76 bits per heavy atom. The second-order valence-corrected chi connectivity index (χ2v) is 8.02. The summed E-state index contributed by atoms with van der Waals surface area (Å²) in [5.74, 6) is 0. The molecule has 0 heterocycles. The zero-order chi connectivity index (χ0) is 17.7. The highest BCUT2D eigenvalue weighted by atomic mass is 32.2. The van der Waals surface area contributed by atoms with Crippen molar-refractivity contribution in [2.75, 3.05) is 0 Å². The summed E-state index contributed by atoms with van der Waals surface area (Å²) in [5.41, 5.74) is 1.49. The fourth-order valence-electron chi connectivity index (χ4n) is 2.97. The zero-order valence-electron chi connectivity index (χ0n) is 13.7. The van der Waals surface area contributed by atoms with E-state index in [2.05, 4.69) is 0 Å². The number of hydrogen-bond acceptors (Lipinski definition) is 3. The second-order valence-electron chi connectivity index (χ2n) is 5.95. The molecule has 128 valence electrons. The predicted octanol–water partition coefficient (Wildman–Crippen LogP) is 3.81. The molecular formula is C21H20O3S. The first-order chi connectivity index (χ1) is 12.1. The highest BCUT2D eigenvalue weighted by molar-refractivity contribution is 7.91. The molecule has 0 bridgehead atoms. The molecular weight excluding hydrogens is 332 g/mol. The van der Waals surface area contributed by atoms with Crippen LogP contribution in [0.3, 0.4) is 0 Å². The third-order valence-corrected chi connectivity index (χ3v) is 6.36. The van der Waals surface area contributed by atoms with Gasteiger partial charge in [-0.3, -0.25) is 0 Å². The molecule has 4 heteroatoms. The van der Waals surface area contributed by atoms with Crippen molar-refractivity contribution >= 4 is 9.84 Å². The third kappa shape index (κ3) is 3.98. The summed E-state index contributed by atoms with van der Waals surface area (Å²) in [6.07, 6.45) is -0.776. The Morgan fingerprint density at radius 2 is 1.20 bits per heavy atom. The predicted molar refractivity (Wildman–Crippen MR) is 99.0 cm³/mol. The van der Waals surface area contributed by atoms with Gasteiger partial charge in [-0.2, -0.15) is 0 Å². The van der Waals surface area contributed by atoms with Crippen LogP contribution in [0.15, 0.2) is 95.9 Å². The van der Waals surface area contributed by atoms with E-state index < -0.39 is 21.2 Å². The molecule has 3 aromatic rings. The topological polar surface area (TPSA) is 54.4 Å². The highest BCUT2D eigenvalue weighted by Gasteiger charge is 2.35.